The predicted octanol–water partition coefficient (Wildman–Crippen LogP) is 2.95. The molecule has 0 saturated carbocycles. The molecule has 0 saturated heterocycles. The molecule has 0 aliphatic carbocycles. The summed E-state index contributed by atoms with van der Waals surface area (Å²) in [4.78, 5) is 12.5. The SMILES string of the molecule is Cc1ccc(NCc2cncnc2)c2cccnc12. The van der Waals surface area contributed by atoms with Crippen molar-refractivity contribution in [3.8, 4) is 0 Å². The molecule has 0 bridgehead atoms. The first-order valence-electron chi connectivity index (χ1n) is 6.17. The molecule has 0 atom stereocenters. The van der Waals surface area contributed by atoms with Gasteiger partial charge in [0.1, 0.15) is 6.33 Å². The number of benzene rings is 1. The number of rotatable bonds is 3. The molecule has 0 amide bonds. The van der Waals surface area contributed by atoms with E-state index in [1.165, 1.54) is 11.9 Å². The van der Waals surface area contributed by atoms with Crippen molar-refractivity contribution in [3.05, 3.63) is 60.3 Å². The smallest absolute Gasteiger partial charge is 0.115 e. The maximum absolute atomic E-state index is 4.43. The van der Waals surface area contributed by atoms with Crippen molar-refractivity contribution >= 4 is 16.6 Å². The molecule has 0 aliphatic heterocycles. The summed E-state index contributed by atoms with van der Waals surface area (Å²) in [5.41, 5.74) is 4.36. The lowest BCUT2D eigenvalue weighted by Crippen LogP contribution is -2.01. The summed E-state index contributed by atoms with van der Waals surface area (Å²) in [5, 5.41) is 4.55. The Hall–Kier alpha value is -2.49. The zero-order valence-electron chi connectivity index (χ0n) is 10.7. The average molecular weight is 250 g/mol. The van der Waals surface area contributed by atoms with E-state index >= 15 is 0 Å². The Bertz CT molecular complexity index is 695. The monoisotopic (exact) mass is 250 g/mol. The van der Waals surface area contributed by atoms with Crippen LogP contribution in [-0.4, -0.2) is 15.0 Å². The minimum atomic E-state index is 0.702. The summed E-state index contributed by atoms with van der Waals surface area (Å²) in [7, 11) is 0. The zero-order valence-corrected chi connectivity index (χ0v) is 10.7. The second-order valence-corrected chi connectivity index (χ2v) is 4.43. The van der Waals surface area contributed by atoms with Crippen LogP contribution in [0.4, 0.5) is 5.69 Å². The van der Waals surface area contributed by atoms with E-state index in [0.717, 1.165) is 22.2 Å². The molecule has 1 aromatic carbocycles. The summed E-state index contributed by atoms with van der Waals surface area (Å²) >= 11 is 0. The van der Waals surface area contributed by atoms with Gasteiger partial charge in [-0.15, -0.1) is 0 Å². The van der Waals surface area contributed by atoms with E-state index in [-0.39, 0.29) is 0 Å². The highest BCUT2D eigenvalue weighted by atomic mass is 14.9. The molecule has 3 aromatic rings. The number of hydrogen-bond acceptors (Lipinski definition) is 4. The second kappa shape index (κ2) is 5.02. The molecule has 19 heavy (non-hydrogen) atoms. The molecule has 0 aliphatic rings. The third-order valence-corrected chi connectivity index (χ3v) is 3.07. The van der Waals surface area contributed by atoms with Gasteiger partial charge in [0.25, 0.3) is 0 Å². The van der Waals surface area contributed by atoms with Crippen molar-refractivity contribution in [2.75, 3.05) is 5.32 Å². The minimum Gasteiger partial charge on any atom is -0.380 e. The van der Waals surface area contributed by atoms with Crippen molar-refractivity contribution in [3.63, 3.8) is 0 Å². The fraction of sp³-hybridized carbons (Fsp3) is 0.133. The molecule has 1 N–H and O–H groups in total. The molecule has 0 fully saturated rings. The minimum absolute atomic E-state index is 0.702. The normalized spacial score (nSPS) is 10.6. The number of aromatic nitrogens is 3. The predicted molar refractivity (Wildman–Crippen MR) is 75.8 cm³/mol. The maximum atomic E-state index is 4.43. The van der Waals surface area contributed by atoms with Gasteiger partial charge in [0.2, 0.25) is 0 Å². The molecular weight excluding hydrogens is 236 g/mol. The Morgan fingerprint density at radius 3 is 2.79 bits per heavy atom. The van der Waals surface area contributed by atoms with Crippen LogP contribution >= 0.6 is 0 Å². The summed E-state index contributed by atoms with van der Waals surface area (Å²) in [6.45, 7) is 2.78. The Morgan fingerprint density at radius 2 is 1.95 bits per heavy atom. The number of aryl methyl sites for hydroxylation is 1. The van der Waals surface area contributed by atoms with Crippen molar-refractivity contribution in [1.29, 1.82) is 0 Å². The van der Waals surface area contributed by atoms with Crippen LogP contribution in [0.2, 0.25) is 0 Å². The first-order valence-corrected chi connectivity index (χ1v) is 6.17. The highest BCUT2D eigenvalue weighted by Crippen LogP contribution is 2.24. The topological polar surface area (TPSA) is 50.7 Å². The van der Waals surface area contributed by atoms with E-state index in [4.69, 9.17) is 0 Å². The van der Waals surface area contributed by atoms with Gasteiger partial charge in [-0.25, -0.2) is 9.97 Å². The van der Waals surface area contributed by atoms with Crippen LogP contribution in [0.5, 0.6) is 0 Å². The molecular formula is C15H14N4. The standard InChI is InChI=1S/C15H14N4/c1-11-4-5-14(13-3-2-6-18-15(11)13)19-9-12-7-16-10-17-8-12/h2-8,10,19H,9H2,1H3. The zero-order chi connectivity index (χ0) is 13.1. The van der Waals surface area contributed by atoms with Gasteiger partial charge in [0.05, 0.1) is 5.52 Å². The van der Waals surface area contributed by atoms with E-state index in [0.29, 0.717) is 6.54 Å². The Kier molecular flexibility index (Phi) is 3.06. The van der Waals surface area contributed by atoms with E-state index in [9.17, 15) is 0 Å². The third-order valence-electron chi connectivity index (χ3n) is 3.07. The lowest BCUT2D eigenvalue weighted by atomic mass is 10.1. The van der Waals surface area contributed by atoms with Crippen molar-refractivity contribution in [2.45, 2.75) is 13.5 Å². The third kappa shape index (κ3) is 2.38. The fourth-order valence-corrected chi connectivity index (χ4v) is 2.09. The summed E-state index contributed by atoms with van der Waals surface area (Å²) in [5.74, 6) is 0. The van der Waals surface area contributed by atoms with Crippen LogP contribution in [0.25, 0.3) is 10.9 Å². The maximum Gasteiger partial charge on any atom is 0.115 e. The van der Waals surface area contributed by atoms with Crippen LogP contribution in [-0.2, 0) is 6.54 Å². The molecule has 2 aromatic heterocycles. The van der Waals surface area contributed by atoms with E-state index in [2.05, 4.69) is 45.4 Å². The van der Waals surface area contributed by atoms with Crippen LogP contribution in [0, 0.1) is 6.92 Å². The molecule has 0 radical (unpaired) electrons. The highest BCUT2D eigenvalue weighted by molar-refractivity contribution is 5.93. The lowest BCUT2D eigenvalue weighted by Gasteiger charge is -2.10. The lowest BCUT2D eigenvalue weighted by molar-refractivity contribution is 1.05. The number of pyridine rings is 1. The van der Waals surface area contributed by atoms with Crippen molar-refractivity contribution < 1.29 is 0 Å². The molecule has 4 heteroatoms. The van der Waals surface area contributed by atoms with Gasteiger partial charge < -0.3 is 5.32 Å². The fourth-order valence-electron chi connectivity index (χ4n) is 2.09. The molecule has 4 nitrogen and oxygen atoms in total. The van der Waals surface area contributed by atoms with Gasteiger partial charge in [0.15, 0.2) is 0 Å². The number of hydrogen-bond donors (Lipinski definition) is 1. The van der Waals surface area contributed by atoms with Gasteiger partial charge in [-0.05, 0) is 30.7 Å². The van der Waals surface area contributed by atoms with E-state index < -0.39 is 0 Å². The molecule has 94 valence electrons. The van der Waals surface area contributed by atoms with Gasteiger partial charge >= 0.3 is 0 Å². The summed E-state index contributed by atoms with van der Waals surface area (Å²) < 4.78 is 0. The van der Waals surface area contributed by atoms with E-state index in [1.54, 1.807) is 0 Å². The number of anilines is 1. The first kappa shape index (κ1) is 11.6. The molecule has 2 heterocycles. The highest BCUT2D eigenvalue weighted by Gasteiger charge is 2.03. The molecule has 0 unspecified atom stereocenters. The van der Waals surface area contributed by atoms with E-state index in [1.807, 2.05) is 24.7 Å². The van der Waals surface area contributed by atoms with Gasteiger partial charge in [-0.1, -0.05) is 6.07 Å². The van der Waals surface area contributed by atoms with Crippen molar-refractivity contribution in [1.82, 2.24) is 15.0 Å². The van der Waals surface area contributed by atoms with Crippen molar-refractivity contribution in [2.24, 2.45) is 0 Å². The molecule has 0 spiro atoms. The Morgan fingerprint density at radius 1 is 1.11 bits per heavy atom. The summed E-state index contributed by atoms with van der Waals surface area (Å²) in [6, 6.07) is 8.21. The Labute approximate surface area is 111 Å². The quantitative estimate of drug-likeness (QED) is 0.776. The van der Waals surface area contributed by atoms with Gasteiger partial charge in [-0.2, -0.15) is 0 Å². The van der Waals surface area contributed by atoms with Crippen LogP contribution in [0.1, 0.15) is 11.1 Å². The summed E-state index contributed by atoms with van der Waals surface area (Å²) in [6.07, 6.45) is 6.99. The van der Waals surface area contributed by atoms with Crippen LogP contribution in [0.3, 0.4) is 0 Å². The molecule has 3 rings (SSSR count). The first-order chi connectivity index (χ1) is 9.34. The number of nitrogens with one attached hydrogen (secondary N) is 1. The second-order valence-electron chi connectivity index (χ2n) is 4.43. The van der Waals surface area contributed by atoms with Gasteiger partial charge in [-0.3, -0.25) is 4.98 Å². The largest absolute Gasteiger partial charge is 0.380 e. The van der Waals surface area contributed by atoms with Gasteiger partial charge in [0, 0.05) is 41.8 Å². The number of fused-ring (bicyclic) bond motifs is 1. The average Bonchev–Trinajstić information content (AvgIpc) is 2.48. The number of nitrogens with zero attached hydrogens (tertiary/aromatic N) is 3. The van der Waals surface area contributed by atoms with Crippen LogP contribution < -0.4 is 5.32 Å². The van der Waals surface area contributed by atoms with Crippen LogP contribution in [0.15, 0.2) is 49.2 Å². The Balaban J connectivity index is 1.91.